The van der Waals surface area contributed by atoms with E-state index in [1.165, 1.54) is 11.1 Å². The molecule has 1 fully saturated rings. The maximum Gasteiger partial charge on any atom is 0.291 e. The fraction of sp³-hybridized carbons (Fsp3) is 0.450. The van der Waals surface area contributed by atoms with Crippen molar-refractivity contribution in [2.75, 3.05) is 13.1 Å². The number of amides is 1. The highest BCUT2D eigenvalue weighted by atomic mass is 16.2. The van der Waals surface area contributed by atoms with Crippen molar-refractivity contribution in [2.24, 2.45) is 7.05 Å². The molecule has 6 heteroatoms. The van der Waals surface area contributed by atoms with E-state index in [2.05, 4.69) is 5.10 Å². The van der Waals surface area contributed by atoms with Gasteiger partial charge in [-0.15, -0.1) is 0 Å². The summed E-state index contributed by atoms with van der Waals surface area (Å²) in [7, 11) is 1.65. The fourth-order valence-electron chi connectivity index (χ4n) is 4.10. The molecule has 0 unspecified atom stereocenters. The van der Waals surface area contributed by atoms with E-state index in [4.69, 9.17) is 0 Å². The average molecular weight is 352 g/mol. The molecule has 2 aromatic heterocycles. The number of nitrogens with zero attached hydrogens (tertiary/aromatic N) is 4. The van der Waals surface area contributed by atoms with Crippen LogP contribution in [0.15, 0.2) is 35.3 Å². The molecule has 136 valence electrons. The van der Waals surface area contributed by atoms with Crippen LogP contribution in [0.25, 0.3) is 21.8 Å². The van der Waals surface area contributed by atoms with Crippen LogP contribution in [0, 0.1) is 0 Å². The highest BCUT2D eigenvalue weighted by Gasteiger charge is 2.29. The second kappa shape index (κ2) is 6.59. The van der Waals surface area contributed by atoms with Gasteiger partial charge in [0.2, 0.25) is 5.91 Å². The summed E-state index contributed by atoms with van der Waals surface area (Å²) in [5, 5.41) is 5.97. The highest BCUT2D eigenvalue weighted by molar-refractivity contribution is 6.08. The molecule has 3 aromatic rings. The number of benzene rings is 1. The van der Waals surface area contributed by atoms with Gasteiger partial charge >= 0.3 is 0 Å². The molecular formula is C20H24N4O2. The number of aryl methyl sites for hydroxylation is 1. The normalized spacial score (nSPS) is 16.3. The van der Waals surface area contributed by atoms with Gasteiger partial charge in [0.15, 0.2) is 0 Å². The van der Waals surface area contributed by atoms with E-state index in [1.807, 2.05) is 40.7 Å². The van der Waals surface area contributed by atoms with Gasteiger partial charge in [0, 0.05) is 30.9 Å². The Labute approximate surface area is 152 Å². The Kier molecular flexibility index (Phi) is 4.26. The summed E-state index contributed by atoms with van der Waals surface area (Å²) in [5.41, 5.74) is 1.33. The molecule has 0 radical (unpaired) electrons. The van der Waals surface area contributed by atoms with E-state index < -0.39 is 0 Å². The first-order chi connectivity index (χ1) is 12.6. The molecule has 0 aliphatic carbocycles. The zero-order valence-corrected chi connectivity index (χ0v) is 15.3. The second-order valence-corrected chi connectivity index (χ2v) is 7.03. The minimum absolute atomic E-state index is 0.119. The van der Waals surface area contributed by atoms with Crippen molar-refractivity contribution in [2.45, 2.75) is 38.6 Å². The lowest BCUT2D eigenvalue weighted by atomic mass is 10.1. The molecule has 1 atom stereocenters. The van der Waals surface area contributed by atoms with Crippen LogP contribution in [0.4, 0.5) is 0 Å². The molecule has 0 bridgehead atoms. The number of aromatic nitrogens is 3. The van der Waals surface area contributed by atoms with E-state index in [9.17, 15) is 9.59 Å². The number of hydrogen-bond donors (Lipinski definition) is 0. The predicted octanol–water partition coefficient (Wildman–Crippen LogP) is 2.85. The number of para-hydroxylation sites is 1. The Morgan fingerprint density at radius 1 is 1.15 bits per heavy atom. The van der Waals surface area contributed by atoms with Gasteiger partial charge in [0.25, 0.3) is 5.56 Å². The molecule has 6 nitrogen and oxygen atoms in total. The van der Waals surface area contributed by atoms with E-state index in [-0.39, 0.29) is 17.5 Å². The summed E-state index contributed by atoms with van der Waals surface area (Å²) >= 11 is 0. The fourth-order valence-corrected chi connectivity index (χ4v) is 4.10. The highest BCUT2D eigenvalue weighted by Crippen LogP contribution is 2.31. The van der Waals surface area contributed by atoms with Gasteiger partial charge in [-0.3, -0.25) is 9.59 Å². The maximum absolute atomic E-state index is 13.3. The SMILES string of the molecule is CC[C@@H](C(=O)N1CCCCC1)n1c2ccccc2c2cnn(C)c(=O)c21. The third-order valence-electron chi connectivity index (χ3n) is 5.46. The van der Waals surface area contributed by atoms with Crippen LogP contribution >= 0.6 is 0 Å². The molecule has 1 aliphatic heterocycles. The van der Waals surface area contributed by atoms with Crippen molar-refractivity contribution in [1.82, 2.24) is 19.2 Å². The summed E-state index contributed by atoms with van der Waals surface area (Å²) in [6.07, 6.45) is 5.67. The molecule has 26 heavy (non-hydrogen) atoms. The van der Waals surface area contributed by atoms with E-state index in [1.54, 1.807) is 13.2 Å². The van der Waals surface area contributed by atoms with E-state index in [0.717, 1.165) is 42.2 Å². The first-order valence-corrected chi connectivity index (χ1v) is 9.37. The van der Waals surface area contributed by atoms with Crippen LogP contribution in [0.5, 0.6) is 0 Å². The molecule has 3 heterocycles. The second-order valence-electron chi connectivity index (χ2n) is 7.03. The molecule has 0 saturated carbocycles. The Balaban J connectivity index is 1.96. The quantitative estimate of drug-likeness (QED) is 0.728. The molecule has 0 spiro atoms. The van der Waals surface area contributed by atoms with Gasteiger partial charge in [-0.1, -0.05) is 25.1 Å². The van der Waals surface area contributed by atoms with Crippen LogP contribution in [0.1, 0.15) is 38.6 Å². The van der Waals surface area contributed by atoms with Gasteiger partial charge < -0.3 is 9.47 Å². The zero-order valence-electron chi connectivity index (χ0n) is 15.3. The number of likely N-dealkylation sites (tertiary alicyclic amines) is 1. The van der Waals surface area contributed by atoms with Crippen molar-refractivity contribution in [1.29, 1.82) is 0 Å². The number of carbonyl (C=O) groups is 1. The van der Waals surface area contributed by atoms with Crippen molar-refractivity contribution in [3.8, 4) is 0 Å². The summed E-state index contributed by atoms with van der Waals surface area (Å²) in [4.78, 5) is 28.1. The number of piperidine rings is 1. The van der Waals surface area contributed by atoms with Crippen LogP contribution in [-0.2, 0) is 11.8 Å². The average Bonchev–Trinajstić information content (AvgIpc) is 3.01. The molecule has 1 aromatic carbocycles. The number of carbonyl (C=O) groups excluding carboxylic acids is 1. The minimum atomic E-state index is -0.370. The molecule has 0 N–H and O–H groups in total. The number of hydrogen-bond acceptors (Lipinski definition) is 3. The maximum atomic E-state index is 13.3. The van der Waals surface area contributed by atoms with Gasteiger partial charge in [-0.25, -0.2) is 4.68 Å². The first kappa shape index (κ1) is 16.8. The molecule has 1 aliphatic rings. The molecular weight excluding hydrogens is 328 g/mol. The Morgan fingerprint density at radius 2 is 1.88 bits per heavy atom. The topological polar surface area (TPSA) is 60.1 Å². The minimum Gasteiger partial charge on any atom is -0.341 e. The smallest absolute Gasteiger partial charge is 0.291 e. The standard InChI is InChI=1S/C20H24N4O2/c1-3-16(19(25)23-11-7-4-8-12-23)24-17-10-6-5-9-14(17)15-13-21-22(2)20(26)18(15)24/h5-6,9-10,13,16H,3-4,7-8,11-12H2,1-2H3/t16-/m0/s1. The lowest BCUT2D eigenvalue weighted by Crippen LogP contribution is -2.40. The summed E-state index contributed by atoms with van der Waals surface area (Å²) in [5.74, 6) is 0.119. The van der Waals surface area contributed by atoms with Gasteiger partial charge in [0.1, 0.15) is 11.6 Å². The number of rotatable bonds is 3. The number of fused-ring (bicyclic) bond motifs is 3. The van der Waals surface area contributed by atoms with E-state index in [0.29, 0.717) is 11.9 Å². The van der Waals surface area contributed by atoms with Crippen LogP contribution in [0.3, 0.4) is 0 Å². The molecule has 1 saturated heterocycles. The monoisotopic (exact) mass is 352 g/mol. The molecule has 1 amide bonds. The Hall–Kier alpha value is -2.63. The zero-order chi connectivity index (χ0) is 18.3. The third kappa shape index (κ3) is 2.52. The largest absolute Gasteiger partial charge is 0.341 e. The summed E-state index contributed by atoms with van der Waals surface area (Å²) in [6.45, 7) is 3.64. The van der Waals surface area contributed by atoms with Crippen LogP contribution in [0.2, 0.25) is 0 Å². The van der Waals surface area contributed by atoms with Gasteiger partial charge in [-0.2, -0.15) is 5.10 Å². The van der Waals surface area contributed by atoms with Crippen LogP contribution < -0.4 is 5.56 Å². The summed E-state index contributed by atoms with van der Waals surface area (Å²) in [6, 6.07) is 7.52. The van der Waals surface area contributed by atoms with E-state index >= 15 is 0 Å². The van der Waals surface area contributed by atoms with Gasteiger partial charge in [-0.05, 0) is 31.7 Å². The Morgan fingerprint density at radius 3 is 2.62 bits per heavy atom. The van der Waals surface area contributed by atoms with Crippen LogP contribution in [-0.4, -0.2) is 38.2 Å². The lowest BCUT2D eigenvalue weighted by molar-refractivity contribution is -0.135. The molecule has 4 rings (SSSR count). The summed E-state index contributed by atoms with van der Waals surface area (Å²) < 4.78 is 3.29. The van der Waals surface area contributed by atoms with Crippen molar-refractivity contribution >= 4 is 27.7 Å². The van der Waals surface area contributed by atoms with Gasteiger partial charge in [0.05, 0.1) is 11.7 Å². The third-order valence-corrected chi connectivity index (χ3v) is 5.46. The Bertz CT molecular complexity index is 1030. The van der Waals surface area contributed by atoms with Crippen molar-refractivity contribution in [3.05, 3.63) is 40.8 Å². The predicted molar refractivity (Wildman–Crippen MR) is 102 cm³/mol. The lowest BCUT2D eigenvalue weighted by Gasteiger charge is -2.31. The first-order valence-electron chi connectivity index (χ1n) is 9.37. The van der Waals surface area contributed by atoms with Crippen molar-refractivity contribution < 1.29 is 4.79 Å². The van der Waals surface area contributed by atoms with Crippen molar-refractivity contribution in [3.63, 3.8) is 0 Å².